The Hall–Kier alpha value is -3.30. The van der Waals surface area contributed by atoms with Gasteiger partial charge in [-0.05, 0) is 73.1 Å². The van der Waals surface area contributed by atoms with Gasteiger partial charge in [0, 0.05) is 60.4 Å². The van der Waals surface area contributed by atoms with E-state index in [1.54, 1.807) is 0 Å². The largest absolute Gasteiger partial charge is 0.351 e. The molecule has 0 bridgehead atoms. The van der Waals surface area contributed by atoms with Gasteiger partial charge in [0.2, 0.25) is 0 Å². The maximum atomic E-state index is 2.50. The summed E-state index contributed by atoms with van der Waals surface area (Å²) in [6.07, 6.45) is 3.21. The van der Waals surface area contributed by atoms with E-state index in [1.165, 1.54) is 55.4 Å². The third-order valence-corrected chi connectivity index (χ3v) is 6.82. The third-order valence-electron chi connectivity index (χ3n) is 6.82. The van der Waals surface area contributed by atoms with Gasteiger partial charge < -0.3 is 14.0 Å². The molecule has 5 aromatic rings. The maximum absolute atomic E-state index is 2.50. The summed E-state index contributed by atoms with van der Waals surface area (Å²) in [5, 5.41) is 2.69. The van der Waals surface area contributed by atoms with Crippen molar-refractivity contribution < 1.29 is 0 Å². The molecule has 0 N–H and O–H groups in total. The summed E-state index contributed by atoms with van der Waals surface area (Å²) in [5.74, 6) is 0. The van der Waals surface area contributed by atoms with E-state index in [1.807, 2.05) is 0 Å². The van der Waals surface area contributed by atoms with Crippen LogP contribution in [0, 0.1) is 6.92 Å². The van der Waals surface area contributed by atoms with Gasteiger partial charge in [0.15, 0.2) is 0 Å². The van der Waals surface area contributed by atoms with Gasteiger partial charge in [-0.25, -0.2) is 0 Å². The summed E-state index contributed by atoms with van der Waals surface area (Å²) in [7, 11) is 4.32. The van der Waals surface area contributed by atoms with Crippen LogP contribution in [0.4, 0.5) is 0 Å². The lowest BCUT2D eigenvalue weighted by Crippen LogP contribution is -2.27. The standard InChI is InChI=1S/C28H27N3/c1-19-7-9-27-24(15-19)25-18-29(2)13-12-28(25)31(27)23-6-4-5-20(17-23)21-8-10-26-22(16-21)11-14-30(26)3/h4-11,14-17H,12-13,18H2,1-3H3. The Labute approximate surface area is 183 Å². The van der Waals surface area contributed by atoms with Gasteiger partial charge in [-0.1, -0.05) is 29.8 Å². The first-order valence-corrected chi connectivity index (χ1v) is 11.1. The molecule has 0 aliphatic carbocycles. The normalized spacial score (nSPS) is 14.4. The highest BCUT2D eigenvalue weighted by Gasteiger charge is 2.23. The summed E-state index contributed by atoms with van der Waals surface area (Å²) in [5.41, 5.74) is 10.7. The van der Waals surface area contributed by atoms with E-state index in [-0.39, 0.29) is 0 Å². The van der Waals surface area contributed by atoms with Gasteiger partial charge in [-0.15, -0.1) is 0 Å². The SMILES string of the molecule is Cc1ccc2c(c1)c1c(n2-c2cccc(-c3ccc4c(ccn4C)c3)c2)CCN(C)C1. The molecule has 3 nitrogen and oxygen atoms in total. The molecule has 1 aliphatic heterocycles. The predicted molar refractivity (Wildman–Crippen MR) is 130 cm³/mol. The van der Waals surface area contributed by atoms with E-state index in [9.17, 15) is 0 Å². The molecule has 2 aromatic heterocycles. The van der Waals surface area contributed by atoms with Gasteiger partial charge in [0.05, 0.1) is 5.52 Å². The van der Waals surface area contributed by atoms with Crippen molar-refractivity contribution in [2.45, 2.75) is 19.9 Å². The highest BCUT2D eigenvalue weighted by Crippen LogP contribution is 2.35. The monoisotopic (exact) mass is 405 g/mol. The Balaban J connectivity index is 1.54. The summed E-state index contributed by atoms with van der Waals surface area (Å²) in [6.45, 7) is 4.31. The van der Waals surface area contributed by atoms with Crippen LogP contribution in [-0.2, 0) is 20.0 Å². The summed E-state index contributed by atoms with van der Waals surface area (Å²) >= 11 is 0. The number of fused-ring (bicyclic) bond motifs is 4. The molecule has 0 saturated heterocycles. The summed E-state index contributed by atoms with van der Waals surface area (Å²) < 4.78 is 4.68. The molecule has 154 valence electrons. The van der Waals surface area contributed by atoms with Gasteiger partial charge in [0.25, 0.3) is 0 Å². The molecule has 1 aliphatic rings. The molecule has 0 amide bonds. The van der Waals surface area contributed by atoms with E-state index in [0.29, 0.717) is 0 Å². The number of benzene rings is 3. The topological polar surface area (TPSA) is 13.1 Å². The van der Waals surface area contributed by atoms with Crippen molar-refractivity contribution in [1.82, 2.24) is 14.0 Å². The molecular weight excluding hydrogens is 378 g/mol. The molecule has 0 radical (unpaired) electrons. The molecule has 0 spiro atoms. The number of likely N-dealkylation sites (N-methyl/N-ethyl adjacent to an activating group) is 1. The van der Waals surface area contributed by atoms with E-state index in [4.69, 9.17) is 0 Å². The lowest BCUT2D eigenvalue weighted by atomic mass is 10.0. The highest BCUT2D eigenvalue weighted by molar-refractivity contribution is 5.89. The zero-order valence-corrected chi connectivity index (χ0v) is 18.4. The van der Waals surface area contributed by atoms with Crippen LogP contribution < -0.4 is 0 Å². The number of aromatic nitrogens is 2. The van der Waals surface area contributed by atoms with Crippen molar-refractivity contribution in [1.29, 1.82) is 0 Å². The van der Waals surface area contributed by atoms with E-state index >= 15 is 0 Å². The van der Waals surface area contributed by atoms with E-state index in [0.717, 1.165) is 19.5 Å². The predicted octanol–water partition coefficient (Wildman–Crippen LogP) is 6.09. The number of nitrogens with zero attached hydrogens (tertiary/aromatic N) is 3. The average molecular weight is 406 g/mol. The molecule has 3 heteroatoms. The Morgan fingerprint density at radius 1 is 0.806 bits per heavy atom. The van der Waals surface area contributed by atoms with Crippen LogP contribution in [0.1, 0.15) is 16.8 Å². The molecule has 0 atom stereocenters. The Morgan fingerprint density at radius 3 is 2.55 bits per heavy atom. The Bertz CT molecular complexity index is 1450. The third kappa shape index (κ3) is 2.92. The van der Waals surface area contributed by atoms with Crippen molar-refractivity contribution in [2.75, 3.05) is 13.6 Å². The van der Waals surface area contributed by atoms with Gasteiger partial charge in [-0.2, -0.15) is 0 Å². The van der Waals surface area contributed by atoms with Crippen LogP contribution in [0.2, 0.25) is 0 Å². The maximum Gasteiger partial charge on any atom is 0.0535 e. The zero-order chi connectivity index (χ0) is 21.1. The molecule has 31 heavy (non-hydrogen) atoms. The average Bonchev–Trinajstić information content (AvgIpc) is 3.31. The fourth-order valence-corrected chi connectivity index (χ4v) is 5.19. The summed E-state index contributed by atoms with van der Waals surface area (Å²) in [6, 6.07) is 24.9. The first kappa shape index (κ1) is 18.5. The zero-order valence-electron chi connectivity index (χ0n) is 18.4. The van der Waals surface area contributed by atoms with Crippen LogP contribution in [0.15, 0.2) is 72.9 Å². The first-order chi connectivity index (χ1) is 15.1. The Morgan fingerprint density at radius 2 is 1.65 bits per heavy atom. The Kier molecular flexibility index (Phi) is 4.09. The smallest absolute Gasteiger partial charge is 0.0535 e. The summed E-state index contributed by atoms with van der Waals surface area (Å²) in [4.78, 5) is 2.43. The number of hydrogen-bond donors (Lipinski definition) is 0. The number of aryl methyl sites for hydroxylation is 2. The minimum absolute atomic E-state index is 1.02. The minimum Gasteiger partial charge on any atom is -0.351 e. The molecule has 0 unspecified atom stereocenters. The van der Waals surface area contributed by atoms with Gasteiger partial charge in [-0.3, -0.25) is 0 Å². The fourth-order valence-electron chi connectivity index (χ4n) is 5.19. The first-order valence-electron chi connectivity index (χ1n) is 11.1. The molecule has 3 aromatic carbocycles. The van der Waals surface area contributed by atoms with Crippen LogP contribution in [0.5, 0.6) is 0 Å². The van der Waals surface area contributed by atoms with Crippen LogP contribution in [0.3, 0.4) is 0 Å². The second-order valence-electron chi connectivity index (χ2n) is 9.02. The molecule has 0 fully saturated rings. The van der Waals surface area contributed by atoms with Crippen molar-refractivity contribution in [2.24, 2.45) is 7.05 Å². The van der Waals surface area contributed by atoms with Crippen molar-refractivity contribution in [3.05, 3.63) is 89.7 Å². The second-order valence-corrected chi connectivity index (χ2v) is 9.02. The lowest BCUT2D eigenvalue weighted by Gasteiger charge is -2.24. The molecule has 6 rings (SSSR count). The quantitative estimate of drug-likeness (QED) is 0.347. The van der Waals surface area contributed by atoms with Crippen LogP contribution in [-0.4, -0.2) is 27.6 Å². The van der Waals surface area contributed by atoms with Crippen molar-refractivity contribution in [3.63, 3.8) is 0 Å². The van der Waals surface area contributed by atoms with Crippen LogP contribution in [0.25, 0.3) is 38.6 Å². The van der Waals surface area contributed by atoms with E-state index < -0.39 is 0 Å². The fraction of sp³-hybridized carbons (Fsp3) is 0.214. The van der Waals surface area contributed by atoms with Gasteiger partial charge >= 0.3 is 0 Å². The second kappa shape index (κ2) is 6.86. The number of rotatable bonds is 2. The molecule has 3 heterocycles. The minimum atomic E-state index is 1.02. The highest BCUT2D eigenvalue weighted by atomic mass is 15.1. The van der Waals surface area contributed by atoms with Crippen molar-refractivity contribution >= 4 is 21.8 Å². The van der Waals surface area contributed by atoms with E-state index in [2.05, 4.69) is 108 Å². The molecular formula is C28H27N3. The number of hydrogen-bond acceptors (Lipinski definition) is 1. The van der Waals surface area contributed by atoms with Gasteiger partial charge in [0.1, 0.15) is 0 Å². The van der Waals surface area contributed by atoms with Crippen LogP contribution >= 0.6 is 0 Å². The van der Waals surface area contributed by atoms with Crippen molar-refractivity contribution in [3.8, 4) is 16.8 Å². The molecule has 0 saturated carbocycles. The lowest BCUT2D eigenvalue weighted by molar-refractivity contribution is 0.311.